The molecule has 3 rings (SSSR count). The first-order valence-corrected chi connectivity index (χ1v) is 8.35. The van der Waals surface area contributed by atoms with E-state index in [-0.39, 0.29) is 5.82 Å². The number of halogens is 1. The van der Waals surface area contributed by atoms with Gasteiger partial charge in [0.15, 0.2) is 0 Å². The fourth-order valence-electron chi connectivity index (χ4n) is 3.14. The molecule has 0 spiro atoms. The molecule has 1 unspecified atom stereocenters. The molecular weight excluding hydrogens is 291 g/mol. The van der Waals surface area contributed by atoms with E-state index in [2.05, 4.69) is 27.1 Å². The first kappa shape index (κ1) is 15.7. The molecule has 4 nitrogen and oxygen atoms in total. The van der Waals surface area contributed by atoms with Gasteiger partial charge in [0.2, 0.25) is 5.95 Å². The average molecular weight is 314 g/mol. The minimum Gasteiger partial charge on any atom is -0.353 e. The van der Waals surface area contributed by atoms with Crippen LogP contribution in [0.4, 0.5) is 16.2 Å². The SMILES string of the molecule is CCC1CCCCN1c1ccnc(NCc2ccccc2F)n1. The van der Waals surface area contributed by atoms with Crippen molar-refractivity contribution in [3.8, 4) is 0 Å². The Morgan fingerprint density at radius 3 is 2.96 bits per heavy atom. The Labute approximate surface area is 136 Å². The molecule has 1 aromatic carbocycles. The van der Waals surface area contributed by atoms with E-state index in [1.54, 1.807) is 18.3 Å². The van der Waals surface area contributed by atoms with Gasteiger partial charge in [0, 0.05) is 30.9 Å². The zero-order chi connectivity index (χ0) is 16.1. The lowest BCUT2D eigenvalue weighted by atomic mass is 10.0. The highest BCUT2D eigenvalue weighted by Gasteiger charge is 2.22. The number of aromatic nitrogens is 2. The number of anilines is 2. The Balaban J connectivity index is 1.71. The van der Waals surface area contributed by atoms with Crippen LogP contribution in [-0.4, -0.2) is 22.6 Å². The number of hydrogen-bond donors (Lipinski definition) is 1. The molecule has 0 saturated carbocycles. The Morgan fingerprint density at radius 2 is 2.13 bits per heavy atom. The molecule has 5 heteroatoms. The van der Waals surface area contributed by atoms with Crippen LogP contribution in [-0.2, 0) is 6.54 Å². The van der Waals surface area contributed by atoms with E-state index in [0.717, 1.165) is 18.8 Å². The molecule has 1 N–H and O–H groups in total. The molecule has 2 aromatic rings. The fraction of sp³-hybridized carbons (Fsp3) is 0.444. The molecule has 122 valence electrons. The summed E-state index contributed by atoms with van der Waals surface area (Å²) in [5.41, 5.74) is 0.617. The van der Waals surface area contributed by atoms with Crippen molar-refractivity contribution in [2.75, 3.05) is 16.8 Å². The Hall–Kier alpha value is -2.17. The van der Waals surface area contributed by atoms with Crippen molar-refractivity contribution in [1.82, 2.24) is 9.97 Å². The average Bonchev–Trinajstić information content (AvgIpc) is 2.61. The van der Waals surface area contributed by atoms with Crippen molar-refractivity contribution in [3.05, 3.63) is 47.9 Å². The van der Waals surface area contributed by atoms with Crippen LogP contribution in [0.15, 0.2) is 36.5 Å². The summed E-state index contributed by atoms with van der Waals surface area (Å²) in [6.45, 7) is 3.65. The summed E-state index contributed by atoms with van der Waals surface area (Å²) in [7, 11) is 0. The second kappa shape index (κ2) is 7.40. The van der Waals surface area contributed by atoms with E-state index in [1.807, 2.05) is 12.1 Å². The van der Waals surface area contributed by atoms with Crippen LogP contribution in [0.5, 0.6) is 0 Å². The van der Waals surface area contributed by atoms with Crippen molar-refractivity contribution in [2.24, 2.45) is 0 Å². The number of nitrogens with one attached hydrogen (secondary N) is 1. The van der Waals surface area contributed by atoms with E-state index in [0.29, 0.717) is 24.1 Å². The van der Waals surface area contributed by atoms with Crippen molar-refractivity contribution < 1.29 is 4.39 Å². The van der Waals surface area contributed by atoms with Gasteiger partial charge in [-0.1, -0.05) is 25.1 Å². The standard InChI is InChI=1S/C18H23FN4/c1-2-15-8-5-6-12-23(15)17-10-11-20-18(22-17)21-13-14-7-3-4-9-16(14)19/h3-4,7,9-11,15H,2,5-6,8,12-13H2,1H3,(H,20,21,22). The minimum atomic E-state index is -0.210. The third-order valence-corrected chi connectivity index (χ3v) is 4.43. The predicted octanol–water partition coefficient (Wildman–Crippen LogP) is 4.00. The summed E-state index contributed by atoms with van der Waals surface area (Å²) in [5.74, 6) is 1.30. The van der Waals surface area contributed by atoms with E-state index >= 15 is 0 Å². The van der Waals surface area contributed by atoms with Crippen molar-refractivity contribution in [1.29, 1.82) is 0 Å². The number of nitrogens with zero attached hydrogens (tertiary/aromatic N) is 3. The maximum atomic E-state index is 13.7. The maximum Gasteiger partial charge on any atom is 0.224 e. The zero-order valence-electron chi connectivity index (χ0n) is 13.5. The van der Waals surface area contributed by atoms with Crippen molar-refractivity contribution in [2.45, 2.75) is 45.2 Å². The first-order chi connectivity index (χ1) is 11.3. The third kappa shape index (κ3) is 3.78. The smallest absolute Gasteiger partial charge is 0.224 e. The van der Waals surface area contributed by atoms with Crippen LogP contribution < -0.4 is 10.2 Å². The van der Waals surface area contributed by atoms with Crippen molar-refractivity contribution in [3.63, 3.8) is 0 Å². The summed E-state index contributed by atoms with van der Waals surface area (Å²) >= 11 is 0. The second-order valence-corrected chi connectivity index (χ2v) is 5.93. The van der Waals surface area contributed by atoms with Gasteiger partial charge in [-0.2, -0.15) is 4.98 Å². The summed E-state index contributed by atoms with van der Waals surface area (Å²) in [4.78, 5) is 11.3. The van der Waals surface area contributed by atoms with Gasteiger partial charge in [0.05, 0.1) is 0 Å². The molecule has 1 saturated heterocycles. The lowest BCUT2D eigenvalue weighted by Crippen LogP contribution is -2.39. The quantitative estimate of drug-likeness (QED) is 0.906. The Morgan fingerprint density at radius 1 is 1.26 bits per heavy atom. The number of benzene rings is 1. The third-order valence-electron chi connectivity index (χ3n) is 4.43. The van der Waals surface area contributed by atoms with Gasteiger partial charge in [0.1, 0.15) is 11.6 Å². The number of rotatable bonds is 5. The van der Waals surface area contributed by atoms with Gasteiger partial charge in [0.25, 0.3) is 0 Å². The summed E-state index contributed by atoms with van der Waals surface area (Å²) in [6.07, 6.45) is 6.62. The minimum absolute atomic E-state index is 0.210. The van der Waals surface area contributed by atoms with Gasteiger partial charge in [-0.3, -0.25) is 0 Å². The number of hydrogen-bond acceptors (Lipinski definition) is 4. The van der Waals surface area contributed by atoms with Crippen LogP contribution >= 0.6 is 0 Å². The topological polar surface area (TPSA) is 41.1 Å². The molecule has 0 amide bonds. The monoisotopic (exact) mass is 314 g/mol. The Kier molecular flexibility index (Phi) is 5.05. The number of piperidine rings is 1. The van der Waals surface area contributed by atoms with Crippen LogP contribution in [0, 0.1) is 5.82 Å². The highest BCUT2D eigenvalue weighted by Crippen LogP contribution is 2.25. The highest BCUT2D eigenvalue weighted by molar-refractivity contribution is 5.44. The molecular formula is C18H23FN4. The van der Waals surface area contributed by atoms with Gasteiger partial charge in [-0.15, -0.1) is 0 Å². The van der Waals surface area contributed by atoms with Gasteiger partial charge < -0.3 is 10.2 Å². The lowest BCUT2D eigenvalue weighted by molar-refractivity contribution is 0.447. The van der Waals surface area contributed by atoms with Gasteiger partial charge in [-0.25, -0.2) is 9.37 Å². The van der Waals surface area contributed by atoms with E-state index < -0.39 is 0 Å². The molecule has 1 atom stereocenters. The first-order valence-electron chi connectivity index (χ1n) is 8.35. The molecule has 1 aliphatic rings. The van der Waals surface area contributed by atoms with Crippen LogP contribution in [0.1, 0.15) is 38.2 Å². The summed E-state index contributed by atoms with van der Waals surface area (Å²) in [6, 6.07) is 9.27. The van der Waals surface area contributed by atoms with Gasteiger partial charge >= 0.3 is 0 Å². The normalized spacial score (nSPS) is 18.0. The van der Waals surface area contributed by atoms with Gasteiger partial charge in [-0.05, 0) is 37.8 Å². The van der Waals surface area contributed by atoms with E-state index in [4.69, 9.17) is 0 Å². The molecule has 1 aromatic heterocycles. The lowest BCUT2D eigenvalue weighted by Gasteiger charge is -2.36. The molecule has 0 bridgehead atoms. The van der Waals surface area contributed by atoms with Crippen LogP contribution in [0.3, 0.4) is 0 Å². The molecule has 0 radical (unpaired) electrons. The largest absolute Gasteiger partial charge is 0.353 e. The second-order valence-electron chi connectivity index (χ2n) is 5.93. The van der Waals surface area contributed by atoms with E-state index in [1.165, 1.54) is 25.3 Å². The molecule has 23 heavy (non-hydrogen) atoms. The van der Waals surface area contributed by atoms with Crippen molar-refractivity contribution >= 4 is 11.8 Å². The van der Waals surface area contributed by atoms with E-state index in [9.17, 15) is 4.39 Å². The molecule has 1 fully saturated rings. The molecule has 2 heterocycles. The summed E-state index contributed by atoms with van der Waals surface area (Å²) < 4.78 is 13.7. The highest BCUT2D eigenvalue weighted by atomic mass is 19.1. The fourth-order valence-corrected chi connectivity index (χ4v) is 3.14. The Bertz CT molecular complexity index is 646. The molecule has 1 aliphatic heterocycles. The summed E-state index contributed by atoms with van der Waals surface area (Å²) in [5, 5.41) is 3.13. The molecule has 0 aliphatic carbocycles. The zero-order valence-corrected chi connectivity index (χ0v) is 13.5. The predicted molar refractivity (Wildman–Crippen MR) is 91.0 cm³/mol. The maximum absolute atomic E-state index is 13.7. The van der Waals surface area contributed by atoms with Crippen LogP contribution in [0.25, 0.3) is 0 Å². The van der Waals surface area contributed by atoms with Crippen LogP contribution in [0.2, 0.25) is 0 Å².